The van der Waals surface area contributed by atoms with Crippen LogP contribution < -0.4 is 10.1 Å². The molecule has 0 aliphatic rings. The normalized spacial score (nSPS) is 12.9. The zero-order valence-corrected chi connectivity index (χ0v) is 20.6. The largest absolute Gasteiger partial charge is 0.484 e. The van der Waals surface area contributed by atoms with E-state index in [2.05, 4.69) is 35.1 Å². The summed E-state index contributed by atoms with van der Waals surface area (Å²) >= 11 is 3.47. The van der Waals surface area contributed by atoms with Gasteiger partial charge in [-0.05, 0) is 61.6 Å². The van der Waals surface area contributed by atoms with Crippen LogP contribution in [0.5, 0.6) is 5.75 Å². The van der Waals surface area contributed by atoms with Crippen LogP contribution in [-0.4, -0.2) is 35.4 Å². The van der Waals surface area contributed by atoms with Crippen LogP contribution in [0.15, 0.2) is 53.0 Å². The van der Waals surface area contributed by atoms with E-state index in [1.165, 1.54) is 5.56 Å². The summed E-state index contributed by atoms with van der Waals surface area (Å²) in [4.78, 5) is 27.4. The maximum atomic E-state index is 13.1. The van der Waals surface area contributed by atoms with Crippen molar-refractivity contribution in [1.82, 2.24) is 10.2 Å². The van der Waals surface area contributed by atoms with Crippen LogP contribution in [0.1, 0.15) is 58.1 Å². The molecule has 168 valence electrons. The first-order valence-corrected chi connectivity index (χ1v) is 11.6. The number of amides is 2. The minimum Gasteiger partial charge on any atom is -0.484 e. The number of benzene rings is 2. The number of carbonyl (C=O) groups excluding carboxylic acids is 2. The van der Waals surface area contributed by atoms with E-state index in [9.17, 15) is 9.59 Å². The molecule has 2 atom stereocenters. The Bertz CT molecular complexity index is 867. The molecule has 0 fully saturated rings. The van der Waals surface area contributed by atoms with Gasteiger partial charge in [0.05, 0.1) is 0 Å². The average Bonchev–Trinajstić information content (AvgIpc) is 2.75. The van der Waals surface area contributed by atoms with Gasteiger partial charge in [-0.25, -0.2) is 0 Å². The predicted molar refractivity (Wildman–Crippen MR) is 128 cm³/mol. The van der Waals surface area contributed by atoms with Crippen LogP contribution in [-0.2, 0) is 16.1 Å². The molecule has 0 heterocycles. The smallest absolute Gasteiger partial charge is 0.261 e. The monoisotopic (exact) mass is 488 g/mol. The Labute approximate surface area is 194 Å². The van der Waals surface area contributed by atoms with Crippen molar-refractivity contribution in [2.75, 3.05) is 6.61 Å². The Morgan fingerprint density at radius 1 is 1.06 bits per heavy atom. The lowest BCUT2D eigenvalue weighted by Crippen LogP contribution is -2.50. The van der Waals surface area contributed by atoms with Gasteiger partial charge in [-0.3, -0.25) is 9.59 Å². The van der Waals surface area contributed by atoms with Gasteiger partial charge in [0.15, 0.2) is 6.61 Å². The van der Waals surface area contributed by atoms with Crippen molar-refractivity contribution in [2.45, 2.75) is 65.6 Å². The van der Waals surface area contributed by atoms with Crippen molar-refractivity contribution in [3.05, 3.63) is 64.1 Å². The molecule has 2 amide bonds. The van der Waals surface area contributed by atoms with E-state index in [-0.39, 0.29) is 24.5 Å². The highest BCUT2D eigenvalue weighted by molar-refractivity contribution is 9.10. The summed E-state index contributed by atoms with van der Waals surface area (Å²) in [5, 5.41) is 2.97. The van der Waals surface area contributed by atoms with Crippen molar-refractivity contribution >= 4 is 27.7 Å². The van der Waals surface area contributed by atoms with E-state index in [4.69, 9.17) is 4.74 Å². The van der Waals surface area contributed by atoms with Gasteiger partial charge in [0.2, 0.25) is 5.91 Å². The van der Waals surface area contributed by atoms with Crippen molar-refractivity contribution in [3.63, 3.8) is 0 Å². The minimum absolute atomic E-state index is 0.0495. The third-order valence-electron chi connectivity index (χ3n) is 5.32. The van der Waals surface area contributed by atoms with Gasteiger partial charge >= 0.3 is 0 Å². The average molecular weight is 489 g/mol. The van der Waals surface area contributed by atoms with Gasteiger partial charge in [0.1, 0.15) is 11.8 Å². The molecule has 2 aromatic carbocycles. The number of rotatable bonds is 10. The van der Waals surface area contributed by atoms with Crippen molar-refractivity contribution in [2.24, 2.45) is 0 Å². The second-order valence-corrected chi connectivity index (χ2v) is 9.07. The lowest BCUT2D eigenvalue weighted by Gasteiger charge is -2.29. The summed E-state index contributed by atoms with van der Waals surface area (Å²) in [6, 6.07) is 14.9. The SMILES string of the molecule is CC[C@@H](C)NC(=O)[C@@H](C)N(Cc1cccc(Br)c1)C(=O)COc1ccc(C(C)C)cc1. The Kier molecular flexibility index (Phi) is 9.56. The third-order valence-corrected chi connectivity index (χ3v) is 5.81. The number of nitrogens with zero attached hydrogens (tertiary/aromatic N) is 1. The van der Waals surface area contributed by atoms with Gasteiger partial charge in [0, 0.05) is 17.1 Å². The zero-order chi connectivity index (χ0) is 23.0. The number of nitrogens with one attached hydrogen (secondary N) is 1. The topological polar surface area (TPSA) is 58.6 Å². The molecular weight excluding hydrogens is 456 g/mol. The van der Waals surface area contributed by atoms with E-state index in [0.29, 0.717) is 18.2 Å². The second-order valence-electron chi connectivity index (χ2n) is 8.16. The molecule has 31 heavy (non-hydrogen) atoms. The number of hydrogen-bond donors (Lipinski definition) is 1. The maximum absolute atomic E-state index is 13.1. The Morgan fingerprint density at radius 3 is 2.32 bits per heavy atom. The highest BCUT2D eigenvalue weighted by Crippen LogP contribution is 2.19. The van der Waals surface area contributed by atoms with Crippen LogP contribution in [0.4, 0.5) is 0 Å². The van der Waals surface area contributed by atoms with Gasteiger partial charge in [-0.2, -0.15) is 0 Å². The third kappa shape index (κ3) is 7.69. The summed E-state index contributed by atoms with van der Waals surface area (Å²) in [6.45, 7) is 10.2. The van der Waals surface area contributed by atoms with Gasteiger partial charge in [0.25, 0.3) is 5.91 Å². The molecule has 0 radical (unpaired) electrons. The minimum atomic E-state index is -0.618. The molecule has 0 bridgehead atoms. The molecule has 0 saturated heterocycles. The van der Waals surface area contributed by atoms with Crippen molar-refractivity contribution in [1.29, 1.82) is 0 Å². The molecule has 0 unspecified atom stereocenters. The van der Waals surface area contributed by atoms with E-state index >= 15 is 0 Å². The zero-order valence-electron chi connectivity index (χ0n) is 19.0. The van der Waals surface area contributed by atoms with Crippen LogP contribution in [0.25, 0.3) is 0 Å². The first-order valence-electron chi connectivity index (χ1n) is 10.8. The Hall–Kier alpha value is -2.34. The fraction of sp³-hybridized carbons (Fsp3) is 0.440. The lowest BCUT2D eigenvalue weighted by atomic mass is 10.0. The molecule has 0 aliphatic heterocycles. The summed E-state index contributed by atoms with van der Waals surface area (Å²) in [7, 11) is 0. The number of ether oxygens (including phenoxy) is 1. The fourth-order valence-corrected chi connectivity index (χ4v) is 3.50. The summed E-state index contributed by atoms with van der Waals surface area (Å²) < 4.78 is 6.67. The highest BCUT2D eigenvalue weighted by atomic mass is 79.9. The first-order chi connectivity index (χ1) is 14.7. The van der Waals surface area contributed by atoms with Crippen LogP contribution in [0.3, 0.4) is 0 Å². The second kappa shape index (κ2) is 11.9. The molecular formula is C25H33BrN2O3. The van der Waals surface area contributed by atoms with E-state index < -0.39 is 6.04 Å². The fourth-order valence-electron chi connectivity index (χ4n) is 3.06. The highest BCUT2D eigenvalue weighted by Gasteiger charge is 2.27. The summed E-state index contributed by atoms with van der Waals surface area (Å²) in [5.74, 6) is 0.664. The first kappa shape index (κ1) is 24.9. The molecule has 2 rings (SSSR count). The quantitative estimate of drug-likeness (QED) is 0.494. The number of carbonyl (C=O) groups is 2. The summed E-state index contributed by atoms with van der Waals surface area (Å²) in [6.07, 6.45) is 0.827. The molecule has 0 aromatic heterocycles. The van der Waals surface area contributed by atoms with Crippen LogP contribution >= 0.6 is 15.9 Å². The number of hydrogen-bond acceptors (Lipinski definition) is 3. The van der Waals surface area contributed by atoms with Crippen molar-refractivity contribution < 1.29 is 14.3 Å². The van der Waals surface area contributed by atoms with E-state index in [0.717, 1.165) is 16.5 Å². The lowest BCUT2D eigenvalue weighted by molar-refractivity contribution is -0.142. The molecule has 0 aliphatic carbocycles. The standard InChI is InChI=1S/C25H33BrN2O3/c1-6-18(4)27-25(30)19(5)28(15-20-8-7-9-22(26)14-20)24(29)16-31-23-12-10-21(11-13-23)17(2)3/h7-14,17-19H,6,15-16H2,1-5H3,(H,27,30)/t18-,19-/m1/s1. The van der Waals surface area contributed by atoms with Gasteiger partial charge in [-0.15, -0.1) is 0 Å². The Balaban J connectivity index is 2.13. The van der Waals surface area contributed by atoms with Crippen LogP contribution in [0, 0.1) is 0 Å². The Morgan fingerprint density at radius 2 is 1.74 bits per heavy atom. The molecule has 5 nitrogen and oxygen atoms in total. The van der Waals surface area contributed by atoms with Crippen LogP contribution in [0.2, 0.25) is 0 Å². The maximum Gasteiger partial charge on any atom is 0.261 e. The molecule has 0 spiro atoms. The molecule has 6 heteroatoms. The molecule has 0 saturated carbocycles. The van der Waals surface area contributed by atoms with Gasteiger partial charge < -0.3 is 15.0 Å². The summed E-state index contributed by atoms with van der Waals surface area (Å²) in [5.41, 5.74) is 2.15. The van der Waals surface area contributed by atoms with Gasteiger partial charge in [-0.1, -0.05) is 61.0 Å². The molecule has 1 N–H and O–H groups in total. The molecule has 2 aromatic rings. The van der Waals surface area contributed by atoms with E-state index in [1.807, 2.05) is 62.4 Å². The number of halogens is 1. The van der Waals surface area contributed by atoms with E-state index in [1.54, 1.807) is 11.8 Å². The predicted octanol–water partition coefficient (Wildman–Crippen LogP) is 5.28. The van der Waals surface area contributed by atoms with Crippen molar-refractivity contribution in [3.8, 4) is 5.75 Å².